The van der Waals surface area contributed by atoms with E-state index in [0.29, 0.717) is 12.2 Å². The number of carboxylic acid groups (broad SMARTS) is 1. The van der Waals surface area contributed by atoms with Crippen LogP contribution in [-0.2, 0) is 4.79 Å². The number of anilines is 1. The minimum atomic E-state index is -0.848. The van der Waals surface area contributed by atoms with Gasteiger partial charge in [-0.3, -0.25) is 0 Å². The first-order valence-corrected chi connectivity index (χ1v) is 5.53. The van der Waals surface area contributed by atoms with Crippen LogP contribution >= 0.6 is 15.9 Å². The topological polar surface area (TPSA) is 62.2 Å². The predicted molar refractivity (Wildman–Crippen MR) is 61.9 cm³/mol. The number of hydrogen-bond donors (Lipinski definition) is 2. The van der Waals surface area contributed by atoms with Crippen LogP contribution in [0.5, 0.6) is 0 Å². The third kappa shape index (κ3) is 3.87. The molecule has 0 aliphatic heterocycles. The average molecular weight is 273 g/mol. The lowest BCUT2D eigenvalue weighted by Crippen LogP contribution is -2.29. The van der Waals surface area contributed by atoms with Gasteiger partial charge >= 0.3 is 5.97 Å². The number of aliphatic carboxylic acids is 1. The minimum absolute atomic E-state index is 0.572. The van der Waals surface area contributed by atoms with Gasteiger partial charge in [0.05, 0.1) is 0 Å². The van der Waals surface area contributed by atoms with Gasteiger partial charge in [-0.25, -0.2) is 9.78 Å². The molecule has 0 aliphatic carbocycles. The van der Waals surface area contributed by atoms with Crippen molar-refractivity contribution in [3.05, 3.63) is 22.8 Å². The van der Waals surface area contributed by atoms with E-state index in [0.717, 1.165) is 10.9 Å². The Hall–Kier alpha value is -1.10. The quantitative estimate of drug-likeness (QED) is 0.865. The summed E-state index contributed by atoms with van der Waals surface area (Å²) in [6.07, 6.45) is 3.03. The molecular weight excluding hydrogens is 260 g/mol. The highest BCUT2D eigenvalue weighted by Gasteiger charge is 2.16. The Morgan fingerprint density at radius 1 is 1.73 bits per heavy atom. The summed E-state index contributed by atoms with van der Waals surface area (Å²) < 4.78 is 0.876. The summed E-state index contributed by atoms with van der Waals surface area (Å²) in [4.78, 5) is 14.9. The van der Waals surface area contributed by atoms with Crippen LogP contribution < -0.4 is 5.32 Å². The summed E-state index contributed by atoms with van der Waals surface area (Å²) in [6, 6.07) is 2.98. The molecule has 1 heterocycles. The predicted octanol–water partition coefficient (Wildman–Crippen LogP) is 2.51. The maximum Gasteiger partial charge on any atom is 0.326 e. The van der Waals surface area contributed by atoms with E-state index in [9.17, 15) is 4.79 Å². The Balaban J connectivity index is 2.69. The van der Waals surface area contributed by atoms with Gasteiger partial charge in [0.2, 0.25) is 0 Å². The number of carboxylic acids is 1. The highest BCUT2D eigenvalue weighted by atomic mass is 79.9. The van der Waals surface area contributed by atoms with Gasteiger partial charge in [0, 0.05) is 10.7 Å². The second-order valence-electron chi connectivity index (χ2n) is 3.18. The zero-order valence-corrected chi connectivity index (χ0v) is 9.99. The van der Waals surface area contributed by atoms with Crippen molar-refractivity contribution in [2.45, 2.75) is 25.8 Å². The number of pyridine rings is 1. The first-order chi connectivity index (χ1) is 7.13. The number of nitrogens with zero attached hydrogens (tertiary/aromatic N) is 1. The van der Waals surface area contributed by atoms with Crippen LogP contribution in [0.4, 0.5) is 5.82 Å². The Kier molecular flexibility index (Phi) is 4.55. The zero-order chi connectivity index (χ0) is 11.3. The smallest absolute Gasteiger partial charge is 0.326 e. The molecule has 0 amide bonds. The highest BCUT2D eigenvalue weighted by molar-refractivity contribution is 9.10. The molecule has 0 saturated carbocycles. The van der Waals surface area contributed by atoms with Crippen molar-refractivity contribution in [2.75, 3.05) is 5.32 Å². The lowest BCUT2D eigenvalue weighted by Gasteiger charge is -2.13. The molecule has 0 bridgehead atoms. The maximum atomic E-state index is 10.9. The molecule has 15 heavy (non-hydrogen) atoms. The van der Waals surface area contributed by atoms with E-state index in [-0.39, 0.29) is 0 Å². The largest absolute Gasteiger partial charge is 0.480 e. The first kappa shape index (κ1) is 12.0. The van der Waals surface area contributed by atoms with Crippen LogP contribution in [0.1, 0.15) is 19.8 Å². The van der Waals surface area contributed by atoms with Crippen LogP contribution in [0.15, 0.2) is 22.8 Å². The standard InChI is InChI=1S/C10H13BrN2O2/c1-2-3-8(10(14)15)13-9-6-7(11)4-5-12-9/h4-6,8H,2-3H2,1H3,(H,12,13)(H,14,15). The van der Waals surface area contributed by atoms with E-state index in [1.54, 1.807) is 18.3 Å². The molecule has 0 aliphatic rings. The molecule has 0 fully saturated rings. The first-order valence-electron chi connectivity index (χ1n) is 4.74. The Morgan fingerprint density at radius 2 is 2.47 bits per heavy atom. The van der Waals surface area contributed by atoms with Gasteiger partial charge in [-0.1, -0.05) is 29.3 Å². The Labute approximate surface area is 96.8 Å². The van der Waals surface area contributed by atoms with E-state index in [1.807, 2.05) is 6.92 Å². The molecule has 1 rings (SSSR count). The summed E-state index contributed by atoms with van der Waals surface area (Å²) in [5, 5.41) is 11.8. The fourth-order valence-electron chi connectivity index (χ4n) is 1.21. The number of nitrogens with one attached hydrogen (secondary N) is 1. The van der Waals surface area contributed by atoms with Crippen molar-refractivity contribution >= 4 is 27.7 Å². The van der Waals surface area contributed by atoms with Gasteiger partial charge in [-0.2, -0.15) is 0 Å². The maximum absolute atomic E-state index is 10.9. The molecule has 1 aromatic rings. The molecule has 1 unspecified atom stereocenters. The van der Waals surface area contributed by atoms with Gasteiger partial charge in [0.15, 0.2) is 0 Å². The van der Waals surface area contributed by atoms with Crippen molar-refractivity contribution in [3.8, 4) is 0 Å². The molecule has 1 aromatic heterocycles. The fraction of sp³-hybridized carbons (Fsp3) is 0.400. The number of carbonyl (C=O) groups is 1. The fourth-order valence-corrected chi connectivity index (χ4v) is 1.54. The molecule has 5 heteroatoms. The lowest BCUT2D eigenvalue weighted by molar-refractivity contribution is -0.138. The molecule has 0 spiro atoms. The number of halogens is 1. The van der Waals surface area contributed by atoms with E-state index in [2.05, 4.69) is 26.2 Å². The van der Waals surface area contributed by atoms with Gasteiger partial charge in [-0.15, -0.1) is 0 Å². The van der Waals surface area contributed by atoms with Gasteiger partial charge < -0.3 is 10.4 Å². The molecule has 2 N–H and O–H groups in total. The van der Waals surface area contributed by atoms with Crippen molar-refractivity contribution in [2.24, 2.45) is 0 Å². The lowest BCUT2D eigenvalue weighted by atomic mass is 10.2. The summed E-state index contributed by atoms with van der Waals surface area (Å²) in [7, 11) is 0. The van der Waals surface area contributed by atoms with Crippen LogP contribution in [0, 0.1) is 0 Å². The van der Waals surface area contributed by atoms with Crippen molar-refractivity contribution in [1.82, 2.24) is 4.98 Å². The van der Waals surface area contributed by atoms with Gasteiger partial charge in [0.25, 0.3) is 0 Å². The minimum Gasteiger partial charge on any atom is -0.480 e. The van der Waals surface area contributed by atoms with Crippen molar-refractivity contribution in [3.63, 3.8) is 0 Å². The summed E-state index contributed by atoms with van der Waals surface area (Å²) in [5.41, 5.74) is 0. The highest BCUT2D eigenvalue weighted by Crippen LogP contribution is 2.14. The Bertz CT molecular complexity index is 344. The average Bonchev–Trinajstić information content (AvgIpc) is 2.17. The number of rotatable bonds is 5. The van der Waals surface area contributed by atoms with Crippen LogP contribution in [0.25, 0.3) is 0 Å². The number of hydrogen-bond acceptors (Lipinski definition) is 3. The second-order valence-corrected chi connectivity index (χ2v) is 4.10. The SMILES string of the molecule is CCCC(Nc1cc(Br)ccn1)C(=O)O. The third-order valence-electron chi connectivity index (χ3n) is 1.92. The molecule has 4 nitrogen and oxygen atoms in total. The summed E-state index contributed by atoms with van der Waals surface area (Å²) in [6.45, 7) is 1.95. The molecule has 82 valence electrons. The molecule has 0 saturated heterocycles. The molecular formula is C10H13BrN2O2. The molecule has 1 atom stereocenters. The van der Waals surface area contributed by atoms with E-state index in [4.69, 9.17) is 5.11 Å². The van der Waals surface area contributed by atoms with Crippen molar-refractivity contribution in [1.29, 1.82) is 0 Å². The summed E-state index contributed by atoms with van der Waals surface area (Å²) >= 11 is 3.30. The normalized spacial score (nSPS) is 12.1. The summed E-state index contributed by atoms with van der Waals surface area (Å²) in [5.74, 6) is -0.274. The molecule has 0 radical (unpaired) electrons. The van der Waals surface area contributed by atoms with Crippen LogP contribution in [-0.4, -0.2) is 22.1 Å². The van der Waals surface area contributed by atoms with Crippen LogP contribution in [0.3, 0.4) is 0 Å². The van der Waals surface area contributed by atoms with Gasteiger partial charge in [-0.05, 0) is 18.6 Å². The van der Waals surface area contributed by atoms with Crippen molar-refractivity contribution < 1.29 is 9.90 Å². The van der Waals surface area contributed by atoms with E-state index < -0.39 is 12.0 Å². The third-order valence-corrected chi connectivity index (χ3v) is 2.41. The monoisotopic (exact) mass is 272 g/mol. The van der Waals surface area contributed by atoms with Crippen LogP contribution in [0.2, 0.25) is 0 Å². The number of aromatic nitrogens is 1. The van der Waals surface area contributed by atoms with Gasteiger partial charge in [0.1, 0.15) is 11.9 Å². The molecule has 0 aromatic carbocycles. The zero-order valence-electron chi connectivity index (χ0n) is 8.40. The van der Waals surface area contributed by atoms with E-state index in [1.165, 1.54) is 0 Å². The Morgan fingerprint density at radius 3 is 3.00 bits per heavy atom. The second kappa shape index (κ2) is 5.70. The van der Waals surface area contributed by atoms with E-state index >= 15 is 0 Å².